The molecule has 0 saturated carbocycles. The van der Waals surface area contributed by atoms with Crippen LogP contribution < -0.4 is 0 Å². The number of H-pyrrole nitrogens is 1. The Morgan fingerprint density at radius 3 is 2.68 bits per heavy atom. The molecule has 19 heavy (non-hydrogen) atoms. The van der Waals surface area contributed by atoms with Crippen LogP contribution in [0.2, 0.25) is 0 Å². The van der Waals surface area contributed by atoms with E-state index < -0.39 is 0 Å². The molecule has 0 aliphatic heterocycles. The predicted octanol–water partition coefficient (Wildman–Crippen LogP) is 3.01. The van der Waals surface area contributed by atoms with Crippen molar-refractivity contribution in [1.29, 1.82) is 0 Å². The van der Waals surface area contributed by atoms with Crippen molar-refractivity contribution in [2.75, 3.05) is 13.6 Å². The average Bonchev–Trinajstić information content (AvgIpc) is 2.85. The van der Waals surface area contributed by atoms with Crippen LogP contribution in [0.25, 0.3) is 11.3 Å². The predicted molar refractivity (Wildman–Crippen MR) is 76.9 cm³/mol. The van der Waals surface area contributed by atoms with Crippen LogP contribution in [0.4, 0.5) is 0 Å². The summed E-state index contributed by atoms with van der Waals surface area (Å²) < 4.78 is 0. The second-order valence-electron chi connectivity index (χ2n) is 4.91. The van der Waals surface area contributed by atoms with Crippen LogP contribution in [0.5, 0.6) is 5.75 Å². The summed E-state index contributed by atoms with van der Waals surface area (Å²) in [6, 6.07) is 7.19. The van der Waals surface area contributed by atoms with Crippen molar-refractivity contribution >= 4 is 0 Å². The summed E-state index contributed by atoms with van der Waals surface area (Å²) >= 11 is 0. The Labute approximate surface area is 114 Å². The highest BCUT2D eigenvalue weighted by atomic mass is 16.3. The SMILES string of the molecule is CCCCN(C)Cc1cn[nH]c1-c1ccc(O)cc1. The normalized spacial score (nSPS) is 11.1. The largest absolute Gasteiger partial charge is 0.508 e. The summed E-state index contributed by atoms with van der Waals surface area (Å²) in [7, 11) is 2.13. The van der Waals surface area contributed by atoms with Gasteiger partial charge >= 0.3 is 0 Å². The van der Waals surface area contributed by atoms with Gasteiger partial charge in [0.2, 0.25) is 0 Å². The maximum Gasteiger partial charge on any atom is 0.115 e. The molecule has 4 nitrogen and oxygen atoms in total. The van der Waals surface area contributed by atoms with E-state index >= 15 is 0 Å². The number of aromatic amines is 1. The molecule has 0 amide bonds. The van der Waals surface area contributed by atoms with E-state index in [4.69, 9.17) is 0 Å². The molecule has 0 aliphatic rings. The fourth-order valence-corrected chi connectivity index (χ4v) is 2.11. The number of phenols is 1. The van der Waals surface area contributed by atoms with Gasteiger partial charge in [-0.2, -0.15) is 5.10 Å². The zero-order valence-corrected chi connectivity index (χ0v) is 11.6. The zero-order chi connectivity index (χ0) is 13.7. The van der Waals surface area contributed by atoms with Crippen molar-refractivity contribution in [2.24, 2.45) is 0 Å². The number of aromatic hydroxyl groups is 1. The van der Waals surface area contributed by atoms with Gasteiger partial charge in [-0.25, -0.2) is 0 Å². The Hall–Kier alpha value is -1.81. The molecule has 0 radical (unpaired) electrons. The van der Waals surface area contributed by atoms with Crippen molar-refractivity contribution < 1.29 is 5.11 Å². The van der Waals surface area contributed by atoms with Crippen LogP contribution in [0.15, 0.2) is 30.5 Å². The van der Waals surface area contributed by atoms with Gasteiger partial charge in [-0.1, -0.05) is 13.3 Å². The van der Waals surface area contributed by atoms with Gasteiger partial charge in [-0.3, -0.25) is 5.10 Å². The first-order valence-corrected chi connectivity index (χ1v) is 6.71. The highest BCUT2D eigenvalue weighted by Crippen LogP contribution is 2.24. The molecule has 0 bridgehead atoms. The molecule has 0 spiro atoms. The minimum absolute atomic E-state index is 0.282. The molecule has 102 valence electrons. The molecule has 2 aromatic rings. The Morgan fingerprint density at radius 2 is 2.00 bits per heavy atom. The first-order chi connectivity index (χ1) is 9.20. The number of hydrogen-bond donors (Lipinski definition) is 2. The number of aromatic nitrogens is 2. The van der Waals surface area contributed by atoms with E-state index in [1.54, 1.807) is 12.1 Å². The molecule has 0 unspecified atom stereocenters. The van der Waals surface area contributed by atoms with E-state index in [2.05, 4.69) is 29.1 Å². The smallest absolute Gasteiger partial charge is 0.115 e. The van der Waals surface area contributed by atoms with Crippen LogP contribution in [0.1, 0.15) is 25.3 Å². The fraction of sp³-hybridized carbons (Fsp3) is 0.400. The third kappa shape index (κ3) is 3.58. The minimum Gasteiger partial charge on any atom is -0.508 e. The zero-order valence-electron chi connectivity index (χ0n) is 11.6. The van der Waals surface area contributed by atoms with Crippen LogP contribution in [0.3, 0.4) is 0 Å². The van der Waals surface area contributed by atoms with Crippen LogP contribution in [-0.2, 0) is 6.54 Å². The topological polar surface area (TPSA) is 52.2 Å². The summed E-state index contributed by atoms with van der Waals surface area (Å²) in [4.78, 5) is 2.30. The lowest BCUT2D eigenvalue weighted by molar-refractivity contribution is 0.321. The molecule has 4 heteroatoms. The number of nitrogens with one attached hydrogen (secondary N) is 1. The maximum absolute atomic E-state index is 9.33. The first-order valence-electron chi connectivity index (χ1n) is 6.71. The summed E-state index contributed by atoms with van der Waals surface area (Å²) in [5.74, 6) is 0.282. The molecule has 2 N–H and O–H groups in total. The standard InChI is InChI=1S/C15H21N3O/c1-3-4-9-18(2)11-13-10-16-17-15(13)12-5-7-14(19)8-6-12/h5-8,10,19H,3-4,9,11H2,1-2H3,(H,16,17). The molecule has 1 aromatic carbocycles. The molecule has 0 fully saturated rings. The van der Waals surface area contributed by atoms with E-state index in [-0.39, 0.29) is 5.75 Å². The number of nitrogens with zero attached hydrogens (tertiary/aromatic N) is 2. The molecular weight excluding hydrogens is 238 g/mol. The third-order valence-electron chi connectivity index (χ3n) is 3.21. The number of hydrogen-bond acceptors (Lipinski definition) is 3. The molecule has 0 atom stereocenters. The van der Waals surface area contributed by atoms with Gasteiger partial charge in [-0.05, 0) is 44.3 Å². The number of benzene rings is 1. The molecule has 1 heterocycles. The Balaban J connectivity index is 2.11. The van der Waals surface area contributed by atoms with Gasteiger partial charge < -0.3 is 10.0 Å². The van der Waals surface area contributed by atoms with Crippen molar-refractivity contribution in [3.8, 4) is 17.0 Å². The summed E-state index contributed by atoms with van der Waals surface area (Å²) in [6.45, 7) is 4.18. The van der Waals surface area contributed by atoms with E-state index in [9.17, 15) is 5.11 Å². The summed E-state index contributed by atoms with van der Waals surface area (Å²) in [5.41, 5.74) is 3.27. The highest BCUT2D eigenvalue weighted by molar-refractivity contribution is 5.63. The minimum atomic E-state index is 0.282. The van der Waals surface area contributed by atoms with Gasteiger partial charge in [0.25, 0.3) is 0 Å². The van der Waals surface area contributed by atoms with Gasteiger partial charge in [0, 0.05) is 17.7 Å². The van der Waals surface area contributed by atoms with Crippen molar-refractivity contribution in [2.45, 2.75) is 26.3 Å². The Morgan fingerprint density at radius 1 is 1.26 bits per heavy atom. The lowest BCUT2D eigenvalue weighted by atomic mass is 10.1. The van der Waals surface area contributed by atoms with E-state index in [0.717, 1.165) is 24.3 Å². The Kier molecular flexibility index (Phi) is 4.58. The monoisotopic (exact) mass is 259 g/mol. The summed E-state index contributed by atoms with van der Waals surface area (Å²) in [5, 5.41) is 16.5. The van der Waals surface area contributed by atoms with Gasteiger partial charge in [-0.15, -0.1) is 0 Å². The number of rotatable bonds is 6. The van der Waals surface area contributed by atoms with Crippen LogP contribution in [-0.4, -0.2) is 33.8 Å². The highest BCUT2D eigenvalue weighted by Gasteiger charge is 2.09. The van der Waals surface area contributed by atoms with E-state index in [1.165, 1.54) is 18.4 Å². The lowest BCUT2D eigenvalue weighted by Crippen LogP contribution is -2.19. The quantitative estimate of drug-likeness (QED) is 0.838. The maximum atomic E-state index is 9.33. The number of phenolic OH excluding ortho intramolecular Hbond substituents is 1. The molecule has 1 aromatic heterocycles. The van der Waals surface area contributed by atoms with Gasteiger partial charge in [0.1, 0.15) is 5.75 Å². The van der Waals surface area contributed by atoms with Crippen LogP contribution in [0, 0.1) is 0 Å². The lowest BCUT2D eigenvalue weighted by Gasteiger charge is -2.16. The molecule has 2 rings (SSSR count). The average molecular weight is 259 g/mol. The molecular formula is C15H21N3O. The second-order valence-corrected chi connectivity index (χ2v) is 4.91. The van der Waals surface area contributed by atoms with Crippen LogP contribution >= 0.6 is 0 Å². The third-order valence-corrected chi connectivity index (χ3v) is 3.21. The van der Waals surface area contributed by atoms with Gasteiger partial charge in [0.15, 0.2) is 0 Å². The van der Waals surface area contributed by atoms with E-state index in [1.807, 2.05) is 18.3 Å². The fourth-order valence-electron chi connectivity index (χ4n) is 2.11. The summed E-state index contributed by atoms with van der Waals surface area (Å²) in [6.07, 6.45) is 4.30. The van der Waals surface area contributed by atoms with Gasteiger partial charge in [0.05, 0.1) is 11.9 Å². The van der Waals surface area contributed by atoms with Crippen molar-refractivity contribution in [3.63, 3.8) is 0 Å². The second kappa shape index (κ2) is 6.38. The molecule has 0 saturated heterocycles. The first kappa shape index (κ1) is 13.6. The molecule has 0 aliphatic carbocycles. The van der Waals surface area contributed by atoms with E-state index in [0.29, 0.717) is 0 Å². The van der Waals surface area contributed by atoms with Crippen molar-refractivity contribution in [1.82, 2.24) is 15.1 Å². The number of unbranched alkanes of at least 4 members (excludes halogenated alkanes) is 1. The van der Waals surface area contributed by atoms with Crippen molar-refractivity contribution in [3.05, 3.63) is 36.0 Å². The Bertz CT molecular complexity index is 504.